The van der Waals surface area contributed by atoms with E-state index in [1.807, 2.05) is 6.07 Å². The first kappa shape index (κ1) is 10.2. The summed E-state index contributed by atoms with van der Waals surface area (Å²) in [6, 6.07) is 5.41. The molecule has 78 valence electrons. The minimum atomic E-state index is -0.267. The number of fused-ring (bicyclic) bond motifs is 1. The van der Waals surface area contributed by atoms with Crippen molar-refractivity contribution in [2.45, 2.75) is 6.42 Å². The van der Waals surface area contributed by atoms with Gasteiger partial charge in [0.15, 0.2) is 5.58 Å². The van der Waals surface area contributed by atoms with Gasteiger partial charge in [0, 0.05) is 15.9 Å². The number of nitrogens with zero attached hydrogens (tertiary/aromatic N) is 1. The number of methoxy groups -OCH3 is 1. The Bertz CT molecular complexity index is 506. The van der Waals surface area contributed by atoms with E-state index in [0.717, 1.165) is 11.1 Å². The average molecular weight is 270 g/mol. The quantitative estimate of drug-likeness (QED) is 0.786. The molecule has 4 nitrogen and oxygen atoms in total. The molecule has 1 heterocycles. The van der Waals surface area contributed by atoms with Gasteiger partial charge in [-0.25, -0.2) is 4.98 Å². The lowest BCUT2D eigenvalue weighted by atomic mass is 10.1. The van der Waals surface area contributed by atoms with E-state index in [1.54, 1.807) is 12.1 Å². The van der Waals surface area contributed by atoms with Crippen LogP contribution >= 0.6 is 15.9 Å². The van der Waals surface area contributed by atoms with E-state index in [0.29, 0.717) is 10.4 Å². The number of ether oxygens (including phenoxy) is 1. The molecular weight excluding hydrogens is 262 g/mol. The molecule has 0 atom stereocenters. The van der Waals surface area contributed by atoms with Crippen LogP contribution in [0, 0.1) is 0 Å². The molecule has 0 saturated carbocycles. The van der Waals surface area contributed by atoms with Crippen LogP contribution in [0.15, 0.2) is 27.4 Å². The highest BCUT2D eigenvalue weighted by atomic mass is 79.9. The Balaban J connectivity index is 2.33. The van der Waals surface area contributed by atoms with Crippen molar-refractivity contribution in [1.29, 1.82) is 0 Å². The van der Waals surface area contributed by atoms with Crippen LogP contribution in [0.2, 0.25) is 0 Å². The largest absolute Gasteiger partial charge is 0.469 e. The molecule has 0 radical (unpaired) electrons. The van der Waals surface area contributed by atoms with Gasteiger partial charge < -0.3 is 9.15 Å². The van der Waals surface area contributed by atoms with E-state index in [2.05, 4.69) is 25.7 Å². The lowest BCUT2D eigenvalue weighted by Gasteiger charge is -1.98. The van der Waals surface area contributed by atoms with Crippen molar-refractivity contribution in [1.82, 2.24) is 4.98 Å². The van der Waals surface area contributed by atoms with Crippen molar-refractivity contribution in [2.75, 3.05) is 7.11 Å². The van der Waals surface area contributed by atoms with Gasteiger partial charge >= 0.3 is 5.97 Å². The zero-order valence-corrected chi connectivity index (χ0v) is 9.58. The molecule has 0 aliphatic rings. The standard InChI is InChI=1S/C10H8BrNO3/c1-14-9(13)5-6-2-3-8-7(4-6)12-10(11)15-8/h2-4H,5H2,1H3. The van der Waals surface area contributed by atoms with E-state index in [-0.39, 0.29) is 12.4 Å². The number of carbonyl (C=O) groups is 1. The molecular formula is C10H8BrNO3. The molecule has 2 aromatic rings. The first-order valence-electron chi connectivity index (χ1n) is 4.31. The third-order valence-electron chi connectivity index (χ3n) is 2.00. The zero-order chi connectivity index (χ0) is 10.8. The van der Waals surface area contributed by atoms with Gasteiger partial charge in [-0.15, -0.1) is 0 Å². The summed E-state index contributed by atoms with van der Waals surface area (Å²) in [6.45, 7) is 0. The number of hydrogen-bond donors (Lipinski definition) is 0. The average Bonchev–Trinajstić information content (AvgIpc) is 2.57. The summed E-state index contributed by atoms with van der Waals surface area (Å²) in [5.74, 6) is -0.267. The van der Waals surface area contributed by atoms with E-state index in [1.165, 1.54) is 7.11 Å². The predicted octanol–water partition coefficient (Wildman–Crippen LogP) is 2.31. The Morgan fingerprint density at radius 1 is 1.60 bits per heavy atom. The minimum absolute atomic E-state index is 0.247. The highest BCUT2D eigenvalue weighted by molar-refractivity contribution is 9.10. The van der Waals surface area contributed by atoms with Gasteiger partial charge in [0.05, 0.1) is 13.5 Å². The second-order valence-corrected chi connectivity index (χ2v) is 3.70. The van der Waals surface area contributed by atoms with Crippen molar-refractivity contribution in [2.24, 2.45) is 0 Å². The predicted molar refractivity (Wildman–Crippen MR) is 57.4 cm³/mol. The third kappa shape index (κ3) is 2.18. The molecule has 0 bridgehead atoms. The fraction of sp³-hybridized carbons (Fsp3) is 0.200. The van der Waals surface area contributed by atoms with Gasteiger partial charge in [-0.2, -0.15) is 0 Å². The monoisotopic (exact) mass is 269 g/mol. The second kappa shape index (κ2) is 4.02. The van der Waals surface area contributed by atoms with Crippen molar-refractivity contribution < 1.29 is 13.9 Å². The number of halogens is 1. The molecule has 0 spiro atoms. The van der Waals surface area contributed by atoms with E-state index in [9.17, 15) is 4.79 Å². The number of rotatable bonds is 2. The summed E-state index contributed by atoms with van der Waals surface area (Å²) in [5.41, 5.74) is 2.27. The van der Waals surface area contributed by atoms with Gasteiger partial charge in [0.25, 0.3) is 4.80 Å². The van der Waals surface area contributed by atoms with Crippen molar-refractivity contribution >= 4 is 33.0 Å². The molecule has 5 heteroatoms. The highest BCUT2D eigenvalue weighted by Gasteiger charge is 2.07. The molecule has 2 rings (SSSR count). The number of oxazole rings is 1. The third-order valence-corrected chi connectivity index (χ3v) is 2.34. The van der Waals surface area contributed by atoms with E-state index in [4.69, 9.17) is 4.42 Å². The summed E-state index contributed by atoms with van der Waals surface area (Å²) in [6.07, 6.45) is 0.247. The molecule has 0 aliphatic heterocycles. The SMILES string of the molecule is COC(=O)Cc1ccc2oc(Br)nc2c1. The second-order valence-electron chi connectivity index (χ2n) is 3.02. The molecule has 15 heavy (non-hydrogen) atoms. The van der Waals surface area contributed by atoms with Gasteiger partial charge in [-0.3, -0.25) is 4.79 Å². The molecule has 0 saturated heterocycles. The van der Waals surface area contributed by atoms with Gasteiger partial charge in [-0.1, -0.05) is 6.07 Å². The maximum absolute atomic E-state index is 11.0. The van der Waals surface area contributed by atoms with Crippen LogP contribution in [0.1, 0.15) is 5.56 Å². The molecule has 1 aromatic heterocycles. The summed E-state index contributed by atoms with van der Waals surface area (Å²) < 4.78 is 9.82. The first-order valence-corrected chi connectivity index (χ1v) is 5.10. The van der Waals surface area contributed by atoms with Crippen LogP contribution < -0.4 is 0 Å². The summed E-state index contributed by atoms with van der Waals surface area (Å²) in [4.78, 5) is 15.6. The summed E-state index contributed by atoms with van der Waals surface area (Å²) in [7, 11) is 1.37. The fourth-order valence-corrected chi connectivity index (χ4v) is 1.66. The fourth-order valence-electron chi connectivity index (χ4n) is 1.29. The van der Waals surface area contributed by atoms with Crippen LogP contribution in [0.4, 0.5) is 0 Å². The summed E-state index contributed by atoms with van der Waals surface area (Å²) in [5, 5.41) is 0. The Kier molecular flexibility index (Phi) is 2.73. The topological polar surface area (TPSA) is 52.3 Å². The van der Waals surface area contributed by atoms with Crippen LogP contribution in [0.25, 0.3) is 11.1 Å². The Morgan fingerprint density at radius 3 is 3.13 bits per heavy atom. The lowest BCUT2D eigenvalue weighted by Crippen LogP contribution is -2.04. The highest BCUT2D eigenvalue weighted by Crippen LogP contribution is 2.20. The van der Waals surface area contributed by atoms with Gasteiger partial charge in [0.1, 0.15) is 5.52 Å². The van der Waals surface area contributed by atoms with Crippen molar-refractivity contribution in [3.63, 3.8) is 0 Å². The Morgan fingerprint density at radius 2 is 2.40 bits per heavy atom. The van der Waals surface area contributed by atoms with Crippen molar-refractivity contribution in [3.05, 3.63) is 28.6 Å². The number of hydrogen-bond acceptors (Lipinski definition) is 4. The van der Waals surface area contributed by atoms with Gasteiger partial charge in [-0.05, 0) is 17.7 Å². The molecule has 0 aliphatic carbocycles. The first-order chi connectivity index (χ1) is 7.19. The molecule has 0 fully saturated rings. The smallest absolute Gasteiger partial charge is 0.309 e. The zero-order valence-electron chi connectivity index (χ0n) is 7.99. The van der Waals surface area contributed by atoms with Gasteiger partial charge in [0.2, 0.25) is 0 Å². The molecule has 0 amide bonds. The minimum Gasteiger partial charge on any atom is -0.469 e. The van der Waals surface area contributed by atoms with Crippen LogP contribution in [0.5, 0.6) is 0 Å². The maximum atomic E-state index is 11.0. The number of benzene rings is 1. The molecule has 0 unspecified atom stereocenters. The normalized spacial score (nSPS) is 10.5. The van der Waals surface area contributed by atoms with Crippen molar-refractivity contribution in [3.8, 4) is 0 Å². The molecule has 1 aromatic carbocycles. The number of carbonyl (C=O) groups excluding carboxylic acids is 1. The van der Waals surface area contributed by atoms with E-state index < -0.39 is 0 Å². The van der Waals surface area contributed by atoms with E-state index >= 15 is 0 Å². The van der Waals surface area contributed by atoms with Crippen LogP contribution in [0.3, 0.4) is 0 Å². The number of aromatic nitrogens is 1. The lowest BCUT2D eigenvalue weighted by molar-refractivity contribution is -0.139. The Hall–Kier alpha value is -1.36. The van der Waals surface area contributed by atoms with Crippen LogP contribution in [-0.2, 0) is 16.0 Å². The maximum Gasteiger partial charge on any atom is 0.309 e. The van der Waals surface area contributed by atoms with Crippen LogP contribution in [-0.4, -0.2) is 18.1 Å². The summed E-state index contributed by atoms with van der Waals surface area (Å²) >= 11 is 3.14. The number of esters is 1. The molecule has 0 N–H and O–H groups in total. The Labute approximate surface area is 94.4 Å².